The normalized spacial score (nSPS) is 23.4. The van der Waals surface area contributed by atoms with Crippen LogP contribution in [0.5, 0.6) is 0 Å². The largest absolute Gasteiger partial charge is 0.466 e. The topological polar surface area (TPSA) is 129 Å². The van der Waals surface area contributed by atoms with Crippen LogP contribution in [0, 0.1) is 0 Å². The first-order valence-corrected chi connectivity index (χ1v) is 8.12. The number of methoxy groups -OCH3 is 1. The fraction of sp³-hybridized carbons (Fsp3) is 0.688. The Balaban J connectivity index is 3.22. The van der Waals surface area contributed by atoms with E-state index in [-0.39, 0.29) is 24.4 Å². The first kappa shape index (κ1) is 20.0. The Morgan fingerprint density at radius 2 is 2.00 bits per heavy atom. The standard InChI is InChI=1S/C16H28N4O4/c1-5-11(6-2)24-13-8-10(15(22)23-4)7-12(20-16(17)18)14(13)19-9(3)21/h8,11-14H,5-7H2,1-4H3,(H,19,21)(H4,17,18,20)/t12-,13+,14+/m0/s1. The van der Waals surface area contributed by atoms with Crippen LogP contribution in [0.4, 0.5) is 0 Å². The molecule has 0 aromatic heterocycles. The Labute approximate surface area is 142 Å². The molecule has 0 bridgehead atoms. The highest BCUT2D eigenvalue weighted by Gasteiger charge is 2.37. The number of hydrogen-bond donors (Lipinski definition) is 3. The van der Waals surface area contributed by atoms with Crippen molar-refractivity contribution in [3.8, 4) is 0 Å². The summed E-state index contributed by atoms with van der Waals surface area (Å²) >= 11 is 0. The summed E-state index contributed by atoms with van der Waals surface area (Å²) in [5.41, 5.74) is 11.5. The van der Waals surface area contributed by atoms with Gasteiger partial charge in [0.25, 0.3) is 0 Å². The Kier molecular flexibility index (Phi) is 7.70. The molecule has 0 aromatic carbocycles. The lowest BCUT2D eigenvalue weighted by Gasteiger charge is -2.36. The van der Waals surface area contributed by atoms with Gasteiger partial charge in [-0.2, -0.15) is 0 Å². The van der Waals surface area contributed by atoms with E-state index in [0.717, 1.165) is 12.8 Å². The summed E-state index contributed by atoms with van der Waals surface area (Å²) in [5, 5.41) is 2.84. The van der Waals surface area contributed by atoms with Crippen LogP contribution in [-0.2, 0) is 19.1 Å². The van der Waals surface area contributed by atoms with Gasteiger partial charge in [-0.25, -0.2) is 9.79 Å². The van der Waals surface area contributed by atoms with Gasteiger partial charge in [-0.3, -0.25) is 4.79 Å². The molecule has 1 rings (SSSR count). The predicted molar refractivity (Wildman–Crippen MR) is 91.2 cm³/mol. The second kappa shape index (κ2) is 9.27. The average Bonchev–Trinajstić information content (AvgIpc) is 2.53. The summed E-state index contributed by atoms with van der Waals surface area (Å²) < 4.78 is 10.9. The van der Waals surface area contributed by atoms with E-state index in [1.807, 2.05) is 13.8 Å². The molecule has 0 radical (unpaired) electrons. The number of hydrogen-bond acceptors (Lipinski definition) is 5. The van der Waals surface area contributed by atoms with Crippen LogP contribution in [0.15, 0.2) is 16.6 Å². The zero-order chi connectivity index (χ0) is 18.3. The van der Waals surface area contributed by atoms with E-state index in [1.165, 1.54) is 14.0 Å². The Bertz CT molecular complexity index is 510. The van der Waals surface area contributed by atoms with Gasteiger partial charge in [0.2, 0.25) is 5.91 Å². The van der Waals surface area contributed by atoms with Crippen molar-refractivity contribution in [2.24, 2.45) is 16.5 Å². The average molecular weight is 340 g/mol. The second-order valence-corrected chi connectivity index (χ2v) is 5.77. The molecule has 0 aromatic rings. The Hall–Kier alpha value is -2.09. The maximum atomic E-state index is 12.0. The highest BCUT2D eigenvalue weighted by molar-refractivity contribution is 5.89. The Morgan fingerprint density at radius 1 is 1.38 bits per heavy atom. The molecule has 0 unspecified atom stereocenters. The Morgan fingerprint density at radius 3 is 2.46 bits per heavy atom. The van der Waals surface area contributed by atoms with Gasteiger partial charge in [-0.1, -0.05) is 13.8 Å². The van der Waals surface area contributed by atoms with E-state index in [1.54, 1.807) is 6.08 Å². The van der Waals surface area contributed by atoms with Crippen molar-refractivity contribution in [1.29, 1.82) is 0 Å². The van der Waals surface area contributed by atoms with Crippen molar-refractivity contribution < 1.29 is 19.1 Å². The van der Waals surface area contributed by atoms with Crippen LogP contribution in [0.2, 0.25) is 0 Å². The van der Waals surface area contributed by atoms with E-state index in [0.29, 0.717) is 5.57 Å². The molecule has 136 valence electrons. The third-order valence-electron chi connectivity index (χ3n) is 3.96. The maximum absolute atomic E-state index is 12.0. The van der Waals surface area contributed by atoms with Crippen LogP contribution < -0.4 is 16.8 Å². The SMILES string of the molecule is CCC(CC)O[C@@H]1C=C(C(=O)OC)C[C@H](N=C(N)N)[C@H]1NC(C)=O. The zero-order valence-corrected chi connectivity index (χ0v) is 14.7. The molecule has 1 aliphatic carbocycles. The number of nitrogens with two attached hydrogens (primary N) is 2. The molecule has 0 fully saturated rings. The summed E-state index contributed by atoms with van der Waals surface area (Å²) in [5.74, 6) is -0.781. The minimum absolute atomic E-state index is 0.000594. The fourth-order valence-corrected chi connectivity index (χ4v) is 2.78. The first-order chi connectivity index (χ1) is 11.3. The van der Waals surface area contributed by atoms with E-state index in [9.17, 15) is 9.59 Å². The van der Waals surface area contributed by atoms with Gasteiger partial charge in [0.15, 0.2) is 5.96 Å². The van der Waals surface area contributed by atoms with Gasteiger partial charge in [0, 0.05) is 18.9 Å². The molecule has 0 spiro atoms. The fourth-order valence-electron chi connectivity index (χ4n) is 2.78. The van der Waals surface area contributed by atoms with Gasteiger partial charge in [-0.05, 0) is 18.9 Å². The molecular weight excluding hydrogens is 312 g/mol. The van der Waals surface area contributed by atoms with Crippen molar-refractivity contribution in [2.45, 2.75) is 64.3 Å². The maximum Gasteiger partial charge on any atom is 0.333 e. The van der Waals surface area contributed by atoms with E-state index >= 15 is 0 Å². The van der Waals surface area contributed by atoms with Crippen molar-refractivity contribution in [3.63, 3.8) is 0 Å². The lowest BCUT2D eigenvalue weighted by Crippen LogP contribution is -2.54. The van der Waals surface area contributed by atoms with Gasteiger partial charge in [0.1, 0.15) is 0 Å². The van der Waals surface area contributed by atoms with Crippen LogP contribution in [0.25, 0.3) is 0 Å². The summed E-state index contributed by atoms with van der Waals surface area (Å²) in [6, 6.07) is -0.962. The lowest BCUT2D eigenvalue weighted by atomic mass is 9.88. The van der Waals surface area contributed by atoms with Gasteiger partial charge < -0.3 is 26.3 Å². The summed E-state index contributed by atoms with van der Waals surface area (Å²) in [7, 11) is 1.31. The smallest absolute Gasteiger partial charge is 0.333 e. The van der Waals surface area contributed by atoms with Crippen molar-refractivity contribution >= 4 is 17.8 Å². The molecule has 1 aliphatic rings. The number of carbonyl (C=O) groups is 2. The van der Waals surface area contributed by atoms with Crippen LogP contribution in [0.3, 0.4) is 0 Å². The van der Waals surface area contributed by atoms with Gasteiger partial charge >= 0.3 is 5.97 Å². The number of ether oxygens (including phenoxy) is 2. The van der Waals surface area contributed by atoms with Crippen molar-refractivity contribution in [3.05, 3.63) is 11.6 Å². The number of nitrogens with zero attached hydrogens (tertiary/aromatic N) is 1. The molecule has 24 heavy (non-hydrogen) atoms. The number of rotatable bonds is 7. The van der Waals surface area contributed by atoms with E-state index in [2.05, 4.69) is 10.3 Å². The van der Waals surface area contributed by atoms with Crippen LogP contribution in [-0.4, -0.2) is 49.2 Å². The molecule has 3 atom stereocenters. The predicted octanol–water partition coefficient (Wildman–Crippen LogP) is 0.210. The molecule has 0 saturated carbocycles. The minimum atomic E-state index is -0.519. The molecular formula is C16H28N4O4. The first-order valence-electron chi connectivity index (χ1n) is 8.12. The molecule has 0 saturated heterocycles. The highest BCUT2D eigenvalue weighted by Crippen LogP contribution is 2.26. The lowest BCUT2D eigenvalue weighted by molar-refractivity contribution is -0.136. The molecule has 5 N–H and O–H groups in total. The number of amides is 1. The summed E-state index contributed by atoms with van der Waals surface area (Å²) in [6.45, 7) is 5.45. The number of esters is 1. The monoisotopic (exact) mass is 340 g/mol. The van der Waals surface area contributed by atoms with E-state index < -0.39 is 24.2 Å². The number of guanidine groups is 1. The molecule has 0 aliphatic heterocycles. The summed E-state index contributed by atoms with van der Waals surface area (Å²) in [6.07, 6.45) is 3.07. The van der Waals surface area contributed by atoms with Crippen LogP contribution >= 0.6 is 0 Å². The van der Waals surface area contributed by atoms with Crippen molar-refractivity contribution in [2.75, 3.05) is 7.11 Å². The third-order valence-corrected chi connectivity index (χ3v) is 3.96. The molecule has 8 nitrogen and oxygen atoms in total. The van der Waals surface area contributed by atoms with Gasteiger partial charge in [-0.15, -0.1) is 0 Å². The van der Waals surface area contributed by atoms with E-state index in [4.69, 9.17) is 20.9 Å². The minimum Gasteiger partial charge on any atom is -0.466 e. The number of nitrogens with one attached hydrogen (secondary N) is 1. The molecule has 1 amide bonds. The van der Waals surface area contributed by atoms with Gasteiger partial charge in [0.05, 0.1) is 31.4 Å². The quantitative estimate of drug-likeness (QED) is 0.345. The van der Waals surface area contributed by atoms with Crippen LogP contribution in [0.1, 0.15) is 40.0 Å². The number of aliphatic imine (C=N–C) groups is 1. The number of carbonyl (C=O) groups excluding carboxylic acids is 2. The third kappa shape index (κ3) is 5.52. The second-order valence-electron chi connectivity index (χ2n) is 5.77. The molecule has 0 heterocycles. The van der Waals surface area contributed by atoms with Crippen molar-refractivity contribution in [1.82, 2.24) is 5.32 Å². The zero-order valence-electron chi connectivity index (χ0n) is 14.7. The molecule has 8 heteroatoms. The summed E-state index contributed by atoms with van der Waals surface area (Å²) in [4.78, 5) is 27.7. The highest BCUT2D eigenvalue weighted by atomic mass is 16.5.